The minimum absolute atomic E-state index is 0.0455. The summed E-state index contributed by atoms with van der Waals surface area (Å²) >= 11 is 2.38. The second-order valence-electron chi connectivity index (χ2n) is 3.00. The zero-order chi connectivity index (χ0) is 7.14. The topological polar surface area (TPSA) is 26.3 Å². The van der Waals surface area contributed by atoms with Gasteiger partial charge in [-0.25, -0.2) is 0 Å². The van der Waals surface area contributed by atoms with Gasteiger partial charge in [-0.1, -0.05) is 22.6 Å². The molecule has 3 heteroatoms. The molecule has 1 saturated heterocycles. The van der Waals surface area contributed by atoms with Crippen molar-refractivity contribution in [1.82, 2.24) is 0 Å². The van der Waals surface area contributed by atoms with Crippen LogP contribution in [0.4, 0.5) is 0 Å². The highest BCUT2D eigenvalue weighted by atomic mass is 127. The van der Waals surface area contributed by atoms with Gasteiger partial charge in [-0.05, 0) is 19.3 Å². The first-order valence-corrected chi connectivity index (χ1v) is 4.86. The highest BCUT2D eigenvalue weighted by Crippen LogP contribution is 2.37. The Bertz CT molecular complexity index is 169. The summed E-state index contributed by atoms with van der Waals surface area (Å²) in [6.45, 7) is 0. The smallest absolute Gasteiger partial charge is 0.309 e. The molecule has 0 aromatic carbocycles. The average Bonchev–Trinajstić information content (AvgIpc) is 2.21. The first-order valence-electron chi connectivity index (χ1n) is 3.62. The van der Waals surface area contributed by atoms with Crippen LogP contribution >= 0.6 is 22.6 Å². The lowest BCUT2D eigenvalue weighted by atomic mass is 9.90. The van der Waals surface area contributed by atoms with E-state index < -0.39 is 0 Å². The van der Waals surface area contributed by atoms with Crippen LogP contribution in [0.1, 0.15) is 19.3 Å². The Hall–Kier alpha value is 0.200. The number of hydrogen-bond donors (Lipinski definition) is 0. The van der Waals surface area contributed by atoms with Crippen molar-refractivity contribution in [3.8, 4) is 0 Å². The average molecular weight is 252 g/mol. The van der Waals surface area contributed by atoms with E-state index in [-0.39, 0.29) is 18.0 Å². The molecule has 1 aliphatic heterocycles. The molecule has 1 saturated carbocycles. The van der Waals surface area contributed by atoms with Gasteiger partial charge in [-0.15, -0.1) is 0 Å². The molecule has 0 spiro atoms. The maximum absolute atomic E-state index is 11.0. The van der Waals surface area contributed by atoms with E-state index in [1.165, 1.54) is 0 Å². The number of alkyl halides is 1. The lowest BCUT2D eigenvalue weighted by Crippen LogP contribution is -2.22. The molecule has 1 aliphatic carbocycles. The maximum Gasteiger partial charge on any atom is 0.309 e. The summed E-state index contributed by atoms with van der Waals surface area (Å²) < 4.78 is 5.72. The molecule has 0 radical (unpaired) electrons. The molecule has 0 aromatic heterocycles. The molecule has 2 bridgehead atoms. The van der Waals surface area contributed by atoms with Gasteiger partial charge in [0.1, 0.15) is 6.10 Å². The summed E-state index contributed by atoms with van der Waals surface area (Å²) in [5.74, 6) is 0.292. The van der Waals surface area contributed by atoms with Gasteiger partial charge in [0.25, 0.3) is 0 Å². The number of carbonyl (C=O) groups is 1. The number of rotatable bonds is 0. The predicted molar refractivity (Wildman–Crippen MR) is 45.0 cm³/mol. The Labute approximate surface area is 73.5 Å². The molecular weight excluding hydrogens is 243 g/mol. The fraction of sp³-hybridized carbons (Fsp3) is 0.857. The van der Waals surface area contributed by atoms with E-state index in [1.54, 1.807) is 0 Å². The second-order valence-corrected chi connectivity index (χ2v) is 4.60. The van der Waals surface area contributed by atoms with Gasteiger partial charge in [-0.3, -0.25) is 4.79 Å². The first kappa shape index (κ1) is 6.88. The van der Waals surface area contributed by atoms with Crippen molar-refractivity contribution < 1.29 is 9.53 Å². The minimum atomic E-state index is 0.0455. The number of carbonyl (C=O) groups excluding carboxylic acids is 1. The molecule has 2 rings (SSSR count). The van der Waals surface area contributed by atoms with Gasteiger partial charge in [0, 0.05) is 3.92 Å². The molecule has 2 nitrogen and oxygen atoms in total. The number of esters is 1. The van der Waals surface area contributed by atoms with Crippen molar-refractivity contribution >= 4 is 28.6 Å². The van der Waals surface area contributed by atoms with Crippen LogP contribution < -0.4 is 0 Å². The quantitative estimate of drug-likeness (QED) is 0.371. The summed E-state index contributed by atoms with van der Waals surface area (Å²) in [6, 6.07) is 0. The third-order valence-corrected chi connectivity index (χ3v) is 3.74. The zero-order valence-electron chi connectivity index (χ0n) is 5.55. The van der Waals surface area contributed by atoms with Crippen LogP contribution in [0.3, 0.4) is 0 Å². The van der Waals surface area contributed by atoms with E-state index in [9.17, 15) is 4.79 Å². The van der Waals surface area contributed by atoms with Crippen molar-refractivity contribution in [2.24, 2.45) is 5.92 Å². The van der Waals surface area contributed by atoms with Crippen molar-refractivity contribution in [2.45, 2.75) is 29.3 Å². The Kier molecular flexibility index (Phi) is 1.62. The highest BCUT2D eigenvalue weighted by Gasteiger charge is 2.41. The van der Waals surface area contributed by atoms with E-state index >= 15 is 0 Å². The van der Waals surface area contributed by atoms with Crippen molar-refractivity contribution in [3.05, 3.63) is 0 Å². The van der Waals surface area contributed by atoms with Crippen LogP contribution in [0.15, 0.2) is 0 Å². The highest BCUT2D eigenvalue weighted by molar-refractivity contribution is 14.1. The number of ether oxygens (including phenoxy) is 1. The molecule has 1 heterocycles. The summed E-state index contributed by atoms with van der Waals surface area (Å²) in [6.07, 6.45) is 3.42. The van der Waals surface area contributed by atoms with Crippen LogP contribution in [-0.2, 0) is 9.53 Å². The maximum atomic E-state index is 11.0. The third kappa shape index (κ3) is 0.946. The van der Waals surface area contributed by atoms with Crippen molar-refractivity contribution in [1.29, 1.82) is 0 Å². The van der Waals surface area contributed by atoms with Gasteiger partial charge in [0.2, 0.25) is 0 Å². The molecule has 0 N–H and O–H groups in total. The summed E-state index contributed by atoms with van der Waals surface area (Å²) in [5.41, 5.74) is 0. The van der Waals surface area contributed by atoms with E-state index in [0.717, 1.165) is 19.3 Å². The Balaban J connectivity index is 2.15. The minimum Gasteiger partial charge on any atom is -0.461 e. The molecule has 3 atom stereocenters. The van der Waals surface area contributed by atoms with Gasteiger partial charge >= 0.3 is 5.97 Å². The number of halogens is 1. The van der Waals surface area contributed by atoms with Crippen molar-refractivity contribution in [3.63, 3.8) is 0 Å². The summed E-state index contributed by atoms with van der Waals surface area (Å²) in [4.78, 5) is 11.0. The summed E-state index contributed by atoms with van der Waals surface area (Å²) in [5, 5.41) is 0. The van der Waals surface area contributed by atoms with Crippen LogP contribution in [-0.4, -0.2) is 16.0 Å². The van der Waals surface area contributed by atoms with Crippen LogP contribution in [0, 0.1) is 5.92 Å². The van der Waals surface area contributed by atoms with E-state index in [1.807, 2.05) is 0 Å². The predicted octanol–water partition coefficient (Wildman–Crippen LogP) is 1.52. The van der Waals surface area contributed by atoms with Gasteiger partial charge in [0.15, 0.2) is 0 Å². The fourth-order valence-electron chi connectivity index (χ4n) is 1.67. The van der Waals surface area contributed by atoms with Crippen molar-refractivity contribution in [2.75, 3.05) is 0 Å². The molecule has 0 aromatic rings. The SMILES string of the molecule is O=C1O[C@H]2C[C@H]1CC[C@@H]2I. The molecule has 2 fully saturated rings. The van der Waals surface area contributed by atoms with E-state index in [2.05, 4.69) is 22.6 Å². The number of fused-ring (bicyclic) bond motifs is 2. The zero-order valence-corrected chi connectivity index (χ0v) is 7.71. The number of hydrogen-bond acceptors (Lipinski definition) is 2. The largest absolute Gasteiger partial charge is 0.461 e. The van der Waals surface area contributed by atoms with Crippen LogP contribution in [0.2, 0.25) is 0 Å². The van der Waals surface area contributed by atoms with Crippen LogP contribution in [0.5, 0.6) is 0 Å². The normalized spacial score (nSPS) is 45.3. The van der Waals surface area contributed by atoms with E-state index in [0.29, 0.717) is 3.92 Å². The molecular formula is C7H9IO2. The second kappa shape index (κ2) is 2.36. The third-order valence-electron chi connectivity index (χ3n) is 2.31. The standard InChI is InChI=1S/C7H9IO2/c8-5-2-1-4-3-6(5)10-7(4)9/h4-6H,1-3H2/t4-,5+,6+/m1/s1. The monoisotopic (exact) mass is 252 g/mol. The Morgan fingerprint density at radius 2 is 2.30 bits per heavy atom. The Morgan fingerprint density at radius 3 is 3.00 bits per heavy atom. The molecule has 0 amide bonds. The Morgan fingerprint density at radius 1 is 1.50 bits per heavy atom. The van der Waals surface area contributed by atoms with Crippen LogP contribution in [0.25, 0.3) is 0 Å². The van der Waals surface area contributed by atoms with Gasteiger partial charge in [0.05, 0.1) is 5.92 Å². The molecule has 0 unspecified atom stereocenters. The van der Waals surface area contributed by atoms with Gasteiger partial charge in [-0.2, -0.15) is 0 Å². The molecule has 10 heavy (non-hydrogen) atoms. The van der Waals surface area contributed by atoms with Gasteiger partial charge < -0.3 is 4.74 Å². The lowest BCUT2D eigenvalue weighted by Gasteiger charge is -2.19. The lowest BCUT2D eigenvalue weighted by molar-refractivity contribution is -0.143. The molecule has 56 valence electrons. The molecule has 2 aliphatic rings. The summed E-state index contributed by atoms with van der Waals surface area (Å²) in [7, 11) is 0. The fourth-order valence-corrected chi connectivity index (χ4v) is 2.47. The van der Waals surface area contributed by atoms with E-state index in [4.69, 9.17) is 4.74 Å². The first-order chi connectivity index (χ1) is 4.77.